The smallest absolute Gasteiger partial charge is 0.337 e. The topological polar surface area (TPSA) is 49.3 Å². The third-order valence-corrected chi connectivity index (χ3v) is 2.39. The van der Waals surface area contributed by atoms with Crippen LogP contribution in [0.25, 0.3) is 10.8 Å². The predicted octanol–water partition coefficient (Wildman–Crippen LogP) is 3.00. The highest BCUT2D eigenvalue weighted by atomic mass is 35.5. The molecule has 0 aliphatic rings. The molecule has 0 fully saturated rings. The van der Waals surface area contributed by atoms with Crippen molar-refractivity contribution in [2.75, 3.05) is 12.4 Å². The van der Waals surface area contributed by atoms with E-state index in [0.29, 0.717) is 11.3 Å². The number of aromatic carboxylic acids is 1. The van der Waals surface area contributed by atoms with Gasteiger partial charge in [0.2, 0.25) is 0 Å². The number of carboxylic acids is 1. The van der Waals surface area contributed by atoms with Gasteiger partial charge < -0.3 is 10.4 Å². The van der Waals surface area contributed by atoms with Gasteiger partial charge in [-0.15, -0.1) is 12.4 Å². The van der Waals surface area contributed by atoms with Gasteiger partial charge in [0, 0.05) is 12.7 Å². The lowest BCUT2D eigenvalue weighted by Crippen LogP contribution is -2.02. The van der Waals surface area contributed by atoms with Crippen molar-refractivity contribution in [3.05, 3.63) is 42.0 Å². The minimum atomic E-state index is -0.912. The number of benzene rings is 2. The van der Waals surface area contributed by atoms with Crippen molar-refractivity contribution >= 4 is 34.8 Å². The summed E-state index contributed by atoms with van der Waals surface area (Å²) in [6.07, 6.45) is 0. The first kappa shape index (κ1) is 12.3. The summed E-state index contributed by atoms with van der Waals surface area (Å²) in [5.41, 5.74) is 0.942. The van der Waals surface area contributed by atoms with Crippen LogP contribution in [0, 0.1) is 0 Å². The Kier molecular flexibility index (Phi) is 3.74. The lowest BCUT2D eigenvalue weighted by atomic mass is 10.1. The van der Waals surface area contributed by atoms with Gasteiger partial charge in [0.25, 0.3) is 0 Å². The number of anilines is 1. The molecule has 0 radical (unpaired) electrons. The number of hydrogen-bond acceptors (Lipinski definition) is 2. The van der Waals surface area contributed by atoms with Crippen molar-refractivity contribution in [2.45, 2.75) is 0 Å². The second-order valence-electron chi connectivity index (χ2n) is 3.30. The number of carbonyl (C=O) groups is 1. The number of halogens is 1. The summed E-state index contributed by atoms with van der Waals surface area (Å²) in [5.74, 6) is -0.912. The molecule has 0 amide bonds. The fourth-order valence-corrected chi connectivity index (χ4v) is 1.62. The van der Waals surface area contributed by atoms with E-state index in [1.807, 2.05) is 30.3 Å². The van der Waals surface area contributed by atoms with E-state index in [4.69, 9.17) is 5.11 Å². The molecule has 2 aromatic rings. The van der Waals surface area contributed by atoms with Crippen molar-refractivity contribution in [2.24, 2.45) is 0 Å². The molecule has 0 bridgehead atoms. The monoisotopic (exact) mass is 237 g/mol. The number of hydrogen-bond donors (Lipinski definition) is 2. The van der Waals surface area contributed by atoms with Crippen LogP contribution in [-0.4, -0.2) is 18.1 Å². The first-order valence-electron chi connectivity index (χ1n) is 4.66. The molecule has 16 heavy (non-hydrogen) atoms. The summed E-state index contributed by atoms with van der Waals surface area (Å²) in [4.78, 5) is 11.0. The maximum atomic E-state index is 11.0. The zero-order valence-corrected chi connectivity index (χ0v) is 9.54. The first-order valence-corrected chi connectivity index (χ1v) is 4.66. The Morgan fingerprint density at radius 1 is 1.19 bits per heavy atom. The van der Waals surface area contributed by atoms with Crippen LogP contribution in [0.2, 0.25) is 0 Å². The van der Waals surface area contributed by atoms with E-state index in [-0.39, 0.29) is 12.4 Å². The number of nitrogens with one attached hydrogen (secondary N) is 1. The zero-order chi connectivity index (χ0) is 10.8. The minimum Gasteiger partial charge on any atom is -0.478 e. The van der Waals surface area contributed by atoms with Gasteiger partial charge in [-0.3, -0.25) is 0 Å². The Morgan fingerprint density at radius 3 is 2.25 bits per heavy atom. The van der Waals surface area contributed by atoms with Crippen LogP contribution in [-0.2, 0) is 0 Å². The average molecular weight is 238 g/mol. The van der Waals surface area contributed by atoms with Gasteiger partial charge in [-0.05, 0) is 22.9 Å². The Balaban J connectivity index is 0.00000128. The van der Waals surface area contributed by atoms with Gasteiger partial charge in [0.05, 0.1) is 5.56 Å². The summed E-state index contributed by atoms with van der Waals surface area (Å²) in [5, 5.41) is 13.9. The Morgan fingerprint density at radius 2 is 1.75 bits per heavy atom. The van der Waals surface area contributed by atoms with E-state index >= 15 is 0 Å². The molecule has 0 spiro atoms. The zero-order valence-electron chi connectivity index (χ0n) is 8.73. The van der Waals surface area contributed by atoms with Gasteiger partial charge in [0.1, 0.15) is 0 Å². The van der Waals surface area contributed by atoms with Crippen LogP contribution in [0.15, 0.2) is 36.4 Å². The minimum absolute atomic E-state index is 0. The lowest BCUT2D eigenvalue weighted by Gasteiger charge is -2.07. The highest BCUT2D eigenvalue weighted by Crippen LogP contribution is 2.23. The fourth-order valence-electron chi connectivity index (χ4n) is 1.62. The highest BCUT2D eigenvalue weighted by Gasteiger charge is 2.09. The van der Waals surface area contributed by atoms with E-state index in [1.54, 1.807) is 13.1 Å². The van der Waals surface area contributed by atoms with E-state index in [0.717, 1.165) is 10.8 Å². The van der Waals surface area contributed by atoms with Crippen LogP contribution in [0.1, 0.15) is 10.4 Å². The molecule has 0 saturated heterocycles. The summed E-state index contributed by atoms with van der Waals surface area (Å²) in [6.45, 7) is 0. The van der Waals surface area contributed by atoms with Gasteiger partial charge in [-0.1, -0.05) is 24.3 Å². The van der Waals surface area contributed by atoms with Crippen LogP contribution in [0.3, 0.4) is 0 Å². The lowest BCUT2D eigenvalue weighted by molar-refractivity contribution is 0.0698. The van der Waals surface area contributed by atoms with Crippen molar-refractivity contribution in [3.63, 3.8) is 0 Å². The van der Waals surface area contributed by atoms with E-state index in [1.165, 1.54) is 0 Å². The molecule has 0 atom stereocenters. The standard InChI is InChI=1S/C12H11NO2.ClH/c1-13-11-7-9-5-3-2-4-8(9)6-10(11)12(14)15;/h2-7,13H,1H3,(H,14,15);1H. The first-order chi connectivity index (χ1) is 7.22. The summed E-state index contributed by atoms with van der Waals surface area (Å²) in [6, 6.07) is 11.2. The molecule has 2 rings (SSSR count). The molecular formula is C12H12ClNO2. The maximum Gasteiger partial charge on any atom is 0.337 e. The third kappa shape index (κ3) is 2.09. The number of fused-ring (bicyclic) bond motifs is 1. The van der Waals surface area contributed by atoms with Crippen molar-refractivity contribution in [3.8, 4) is 0 Å². The molecule has 2 aromatic carbocycles. The molecule has 0 aliphatic carbocycles. The molecule has 0 unspecified atom stereocenters. The molecule has 3 nitrogen and oxygen atoms in total. The van der Waals surface area contributed by atoms with Gasteiger partial charge in [-0.25, -0.2) is 4.79 Å². The molecule has 0 aliphatic heterocycles. The molecule has 84 valence electrons. The molecule has 4 heteroatoms. The Labute approximate surface area is 99.5 Å². The normalized spacial score (nSPS) is 9.56. The van der Waals surface area contributed by atoms with Crippen LogP contribution in [0.4, 0.5) is 5.69 Å². The van der Waals surface area contributed by atoms with Gasteiger partial charge in [-0.2, -0.15) is 0 Å². The quantitative estimate of drug-likeness (QED) is 0.844. The third-order valence-electron chi connectivity index (χ3n) is 2.39. The predicted molar refractivity (Wildman–Crippen MR) is 67.7 cm³/mol. The van der Waals surface area contributed by atoms with E-state index in [2.05, 4.69) is 5.32 Å². The van der Waals surface area contributed by atoms with Crippen molar-refractivity contribution in [1.82, 2.24) is 0 Å². The average Bonchev–Trinajstić information content (AvgIpc) is 2.27. The second kappa shape index (κ2) is 4.86. The number of carboxylic acid groups (broad SMARTS) is 1. The fraction of sp³-hybridized carbons (Fsp3) is 0.0833. The maximum absolute atomic E-state index is 11.0. The second-order valence-corrected chi connectivity index (χ2v) is 3.30. The Bertz CT molecular complexity index is 525. The summed E-state index contributed by atoms with van der Waals surface area (Å²) < 4.78 is 0. The van der Waals surface area contributed by atoms with Crippen molar-refractivity contribution in [1.29, 1.82) is 0 Å². The van der Waals surface area contributed by atoms with Crippen molar-refractivity contribution < 1.29 is 9.90 Å². The van der Waals surface area contributed by atoms with Gasteiger partial charge >= 0.3 is 5.97 Å². The largest absolute Gasteiger partial charge is 0.478 e. The molecular weight excluding hydrogens is 226 g/mol. The van der Waals surface area contributed by atoms with Crippen LogP contribution >= 0.6 is 12.4 Å². The van der Waals surface area contributed by atoms with E-state index < -0.39 is 5.97 Å². The number of rotatable bonds is 2. The molecule has 0 saturated carbocycles. The van der Waals surface area contributed by atoms with Gasteiger partial charge in [0.15, 0.2) is 0 Å². The van der Waals surface area contributed by atoms with E-state index in [9.17, 15) is 4.79 Å². The summed E-state index contributed by atoms with van der Waals surface area (Å²) in [7, 11) is 1.72. The molecule has 2 N–H and O–H groups in total. The molecule has 0 heterocycles. The highest BCUT2D eigenvalue weighted by molar-refractivity contribution is 6.00. The van der Waals surface area contributed by atoms with Crippen LogP contribution in [0.5, 0.6) is 0 Å². The van der Waals surface area contributed by atoms with Crippen LogP contribution < -0.4 is 5.32 Å². The SMILES string of the molecule is CNc1cc2ccccc2cc1C(=O)O.Cl. The Hall–Kier alpha value is -1.74. The summed E-state index contributed by atoms with van der Waals surface area (Å²) >= 11 is 0. The molecule has 0 aromatic heterocycles.